The van der Waals surface area contributed by atoms with Gasteiger partial charge in [-0.1, -0.05) is 18.2 Å². The lowest BCUT2D eigenvalue weighted by Crippen LogP contribution is -2.01. The van der Waals surface area contributed by atoms with Crippen LogP contribution in [0.1, 0.15) is 10.4 Å². The molecule has 2 heterocycles. The van der Waals surface area contributed by atoms with Crippen LogP contribution < -0.4 is 4.74 Å². The lowest BCUT2D eigenvalue weighted by molar-refractivity contribution is 0.0600. The zero-order valence-electron chi connectivity index (χ0n) is 14.2. The molecule has 0 aliphatic rings. The first-order chi connectivity index (χ1) is 13.2. The van der Waals surface area contributed by atoms with Crippen molar-refractivity contribution < 1.29 is 18.7 Å². The first-order valence-electron chi connectivity index (χ1n) is 8.00. The second-order valence-electron chi connectivity index (χ2n) is 5.64. The number of hydrogen-bond donors (Lipinski definition) is 0. The van der Waals surface area contributed by atoms with Gasteiger partial charge >= 0.3 is 5.97 Å². The van der Waals surface area contributed by atoms with Gasteiger partial charge in [0.25, 0.3) is 0 Å². The first-order valence-corrected chi connectivity index (χ1v) is 8.88. The van der Waals surface area contributed by atoms with Gasteiger partial charge in [0.15, 0.2) is 0 Å². The Kier molecular flexibility index (Phi) is 4.52. The maximum atomic E-state index is 13.3. The number of fused-ring (bicyclic) bond motifs is 1. The summed E-state index contributed by atoms with van der Waals surface area (Å²) in [6.07, 6.45) is 1.42. The third-order valence-corrected chi connectivity index (χ3v) is 4.85. The monoisotopic (exact) mass is 380 g/mol. The molecule has 0 aliphatic heterocycles. The van der Waals surface area contributed by atoms with E-state index < -0.39 is 5.97 Å². The largest absolute Gasteiger partial charge is 0.465 e. The van der Waals surface area contributed by atoms with Crippen molar-refractivity contribution in [3.05, 3.63) is 71.6 Å². The van der Waals surface area contributed by atoms with Gasteiger partial charge in [0.05, 0.1) is 18.1 Å². The van der Waals surface area contributed by atoms with Crippen LogP contribution in [-0.4, -0.2) is 23.0 Å². The highest BCUT2D eigenvalue weighted by Crippen LogP contribution is 2.39. The molecule has 0 atom stereocenters. The molecule has 4 rings (SSSR count). The molecule has 0 saturated carbocycles. The number of esters is 1. The molecule has 0 aliphatic carbocycles. The predicted octanol–water partition coefficient (Wildman–Crippen LogP) is 5.08. The van der Waals surface area contributed by atoms with E-state index in [4.69, 9.17) is 9.47 Å². The smallest absolute Gasteiger partial charge is 0.337 e. The highest BCUT2D eigenvalue weighted by molar-refractivity contribution is 7.17. The van der Waals surface area contributed by atoms with Gasteiger partial charge in [-0.3, -0.25) is 0 Å². The zero-order valence-corrected chi connectivity index (χ0v) is 15.0. The summed E-state index contributed by atoms with van der Waals surface area (Å²) in [5.74, 6) is 0.0678. The fourth-order valence-corrected chi connectivity index (χ4v) is 3.59. The molecule has 2 aromatic heterocycles. The van der Waals surface area contributed by atoms with Crippen LogP contribution in [0.4, 0.5) is 4.39 Å². The van der Waals surface area contributed by atoms with Crippen LogP contribution in [-0.2, 0) is 4.74 Å². The molecule has 0 fully saturated rings. The number of methoxy groups -OCH3 is 1. The SMILES string of the molecule is COC(=O)c1cccc(Oc2ncnc3scc(-c4ccc(F)cc4)c23)c1. The number of carbonyl (C=O) groups excluding carboxylic acids is 1. The molecule has 0 saturated heterocycles. The van der Waals surface area contributed by atoms with Crippen molar-refractivity contribution >= 4 is 27.5 Å². The van der Waals surface area contributed by atoms with Crippen molar-refractivity contribution in [3.8, 4) is 22.8 Å². The highest BCUT2D eigenvalue weighted by atomic mass is 32.1. The minimum absolute atomic E-state index is 0.300. The van der Waals surface area contributed by atoms with Crippen molar-refractivity contribution in [2.75, 3.05) is 7.11 Å². The summed E-state index contributed by atoms with van der Waals surface area (Å²) in [4.78, 5) is 21.0. The number of thiophene rings is 1. The predicted molar refractivity (Wildman–Crippen MR) is 101 cm³/mol. The Morgan fingerprint density at radius 2 is 1.93 bits per heavy atom. The average molecular weight is 380 g/mol. The summed E-state index contributed by atoms with van der Waals surface area (Å²) in [6.45, 7) is 0. The van der Waals surface area contributed by atoms with E-state index in [-0.39, 0.29) is 5.82 Å². The van der Waals surface area contributed by atoms with Gasteiger partial charge in [0.1, 0.15) is 22.7 Å². The summed E-state index contributed by atoms with van der Waals surface area (Å²) in [5.41, 5.74) is 2.07. The van der Waals surface area contributed by atoms with E-state index in [0.717, 1.165) is 21.3 Å². The Morgan fingerprint density at radius 1 is 1.11 bits per heavy atom. The fraction of sp³-hybridized carbons (Fsp3) is 0.0500. The molecule has 0 bridgehead atoms. The lowest BCUT2D eigenvalue weighted by Gasteiger charge is -2.08. The van der Waals surface area contributed by atoms with Crippen molar-refractivity contribution in [2.45, 2.75) is 0 Å². The molecule has 4 aromatic rings. The van der Waals surface area contributed by atoms with E-state index in [1.54, 1.807) is 36.4 Å². The van der Waals surface area contributed by atoms with Crippen molar-refractivity contribution in [2.24, 2.45) is 0 Å². The number of halogens is 1. The number of rotatable bonds is 4. The summed E-state index contributed by atoms with van der Waals surface area (Å²) >= 11 is 1.45. The van der Waals surface area contributed by atoms with Gasteiger partial charge in [0, 0.05) is 10.9 Å². The first kappa shape index (κ1) is 17.1. The second kappa shape index (κ2) is 7.13. The fourth-order valence-electron chi connectivity index (χ4n) is 2.68. The third-order valence-electron chi connectivity index (χ3n) is 3.96. The van der Waals surface area contributed by atoms with Crippen LogP contribution >= 0.6 is 11.3 Å². The molecule has 27 heavy (non-hydrogen) atoms. The van der Waals surface area contributed by atoms with E-state index in [1.165, 1.54) is 36.9 Å². The Hall–Kier alpha value is -3.32. The molecule has 0 spiro atoms. The van der Waals surface area contributed by atoms with Crippen LogP contribution in [0.15, 0.2) is 60.2 Å². The number of hydrogen-bond acceptors (Lipinski definition) is 6. The van der Waals surface area contributed by atoms with Crippen molar-refractivity contribution in [1.82, 2.24) is 9.97 Å². The summed E-state index contributed by atoms with van der Waals surface area (Å²) in [6, 6.07) is 12.9. The summed E-state index contributed by atoms with van der Waals surface area (Å²) in [5, 5.41) is 2.67. The summed E-state index contributed by atoms with van der Waals surface area (Å²) < 4.78 is 23.9. The van der Waals surface area contributed by atoms with Gasteiger partial charge in [-0.15, -0.1) is 11.3 Å². The second-order valence-corrected chi connectivity index (χ2v) is 6.49. The van der Waals surface area contributed by atoms with Crippen LogP contribution in [0.3, 0.4) is 0 Å². The maximum Gasteiger partial charge on any atom is 0.337 e. The van der Waals surface area contributed by atoms with E-state index in [1.807, 2.05) is 5.38 Å². The Balaban J connectivity index is 1.77. The van der Waals surface area contributed by atoms with Crippen LogP contribution in [0, 0.1) is 5.82 Å². The quantitative estimate of drug-likeness (QED) is 0.462. The van der Waals surface area contributed by atoms with E-state index in [0.29, 0.717) is 17.2 Å². The third kappa shape index (κ3) is 3.37. The van der Waals surface area contributed by atoms with E-state index in [9.17, 15) is 9.18 Å². The van der Waals surface area contributed by atoms with Gasteiger partial charge in [-0.05, 0) is 35.9 Å². The maximum absolute atomic E-state index is 13.3. The average Bonchev–Trinajstić information content (AvgIpc) is 3.13. The minimum atomic E-state index is -0.448. The lowest BCUT2D eigenvalue weighted by atomic mass is 10.1. The number of carbonyl (C=O) groups is 1. The Labute approximate surface area is 158 Å². The highest BCUT2D eigenvalue weighted by Gasteiger charge is 2.15. The normalized spacial score (nSPS) is 10.7. The zero-order chi connectivity index (χ0) is 18.8. The van der Waals surface area contributed by atoms with E-state index in [2.05, 4.69) is 9.97 Å². The number of nitrogens with zero attached hydrogens (tertiary/aromatic N) is 2. The van der Waals surface area contributed by atoms with Gasteiger partial charge in [-0.25, -0.2) is 19.2 Å². The molecular weight excluding hydrogens is 367 g/mol. The molecular formula is C20H13FN2O3S. The molecule has 7 heteroatoms. The molecule has 2 aromatic carbocycles. The van der Waals surface area contributed by atoms with Crippen LogP contribution in [0.2, 0.25) is 0 Å². The Bertz CT molecular complexity index is 1130. The topological polar surface area (TPSA) is 61.3 Å². The Morgan fingerprint density at radius 3 is 2.70 bits per heavy atom. The molecule has 0 unspecified atom stereocenters. The van der Waals surface area contributed by atoms with Crippen molar-refractivity contribution in [1.29, 1.82) is 0 Å². The van der Waals surface area contributed by atoms with Gasteiger partial charge in [-0.2, -0.15) is 0 Å². The molecule has 5 nitrogen and oxygen atoms in total. The standard InChI is InChI=1S/C20H13FN2O3S/c1-25-20(24)13-3-2-4-15(9-13)26-18-17-16(10-27-19(17)23-11-22-18)12-5-7-14(21)8-6-12/h2-11H,1H3. The molecule has 0 amide bonds. The number of benzene rings is 2. The summed E-state index contributed by atoms with van der Waals surface area (Å²) in [7, 11) is 1.32. The van der Waals surface area contributed by atoms with Crippen LogP contribution in [0.5, 0.6) is 11.6 Å². The van der Waals surface area contributed by atoms with Crippen LogP contribution in [0.25, 0.3) is 21.3 Å². The van der Waals surface area contributed by atoms with Crippen molar-refractivity contribution in [3.63, 3.8) is 0 Å². The van der Waals surface area contributed by atoms with E-state index >= 15 is 0 Å². The number of ether oxygens (including phenoxy) is 2. The number of aromatic nitrogens is 2. The van der Waals surface area contributed by atoms with Gasteiger partial charge < -0.3 is 9.47 Å². The molecule has 0 N–H and O–H groups in total. The minimum Gasteiger partial charge on any atom is -0.465 e. The van der Waals surface area contributed by atoms with Gasteiger partial charge in [0.2, 0.25) is 5.88 Å². The molecule has 134 valence electrons. The molecule has 0 radical (unpaired) electrons.